The fraction of sp³-hybridized carbons (Fsp3) is 0.412. The van der Waals surface area contributed by atoms with E-state index in [-0.39, 0.29) is 0 Å². The normalized spacial score (nSPS) is 11.6. The van der Waals surface area contributed by atoms with E-state index < -0.39 is 0 Å². The SMILES string of the molecule is CN=C(NCCCc1nc(C)cs1)N(C)Cc1ccc(Br)cc1. The van der Waals surface area contributed by atoms with E-state index in [4.69, 9.17) is 0 Å². The quantitative estimate of drug-likeness (QED) is 0.459. The Morgan fingerprint density at radius 2 is 2.09 bits per heavy atom. The number of aromatic nitrogens is 1. The van der Waals surface area contributed by atoms with Gasteiger partial charge in [0.25, 0.3) is 0 Å². The van der Waals surface area contributed by atoms with Gasteiger partial charge in [0.05, 0.1) is 5.01 Å². The van der Waals surface area contributed by atoms with Gasteiger partial charge >= 0.3 is 0 Å². The summed E-state index contributed by atoms with van der Waals surface area (Å²) in [5.74, 6) is 0.920. The Morgan fingerprint density at radius 1 is 1.35 bits per heavy atom. The third-order valence-corrected chi connectivity index (χ3v) is 4.98. The van der Waals surface area contributed by atoms with Gasteiger partial charge in [-0.3, -0.25) is 4.99 Å². The number of hydrogen-bond acceptors (Lipinski definition) is 3. The van der Waals surface area contributed by atoms with Crippen molar-refractivity contribution < 1.29 is 0 Å². The van der Waals surface area contributed by atoms with Crippen molar-refractivity contribution in [2.75, 3.05) is 20.6 Å². The molecule has 0 unspecified atom stereocenters. The number of guanidine groups is 1. The fourth-order valence-corrected chi connectivity index (χ4v) is 3.36. The molecule has 124 valence electrons. The molecule has 0 amide bonds. The molecular weight excluding hydrogens is 372 g/mol. The van der Waals surface area contributed by atoms with E-state index in [2.05, 4.69) is 72.8 Å². The van der Waals surface area contributed by atoms with E-state index >= 15 is 0 Å². The maximum atomic E-state index is 4.49. The van der Waals surface area contributed by atoms with Crippen LogP contribution in [-0.2, 0) is 13.0 Å². The van der Waals surface area contributed by atoms with Gasteiger partial charge in [0.2, 0.25) is 0 Å². The molecule has 0 aliphatic carbocycles. The fourth-order valence-electron chi connectivity index (χ4n) is 2.28. The molecule has 0 aliphatic heterocycles. The van der Waals surface area contributed by atoms with Gasteiger partial charge < -0.3 is 10.2 Å². The van der Waals surface area contributed by atoms with Gasteiger partial charge in [-0.25, -0.2) is 4.98 Å². The molecule has 23 heavy (non-hydrogen) atoms. The van der Waals surface area contributed by atoms with Gasteiger partial charge in [-0.2, -0.15) is 0 Å². The Labute approximate surface area is 150 Å². The van der Waals surface area contributed by atoms with Gasteiger partial charge in [0, 0.05) is 49.2 Å². The van der Waals surface area contributed by atoms with Crippen LogP contribution in [0.15, 0.2) is 39.1 Å². The van der Waals surface area contributed by atoms with Crippen molar-refractivity contribution in [2.45, 2.75) is 26.3 Å². The minimum absolute atomic E-state index is 0.832. The lowest BCUT2D eigenvalue weighted by Gasteiger charge is -2.22. The van der Waals surface area contributed by atoms with E-state index in [1.165, 1.54) is 10.6 Å². The summed E-state index contributed by atoms with van der Waals surface area (Å²) in [4.78, 5) is 11.0. The van der Waals surface area contributed by atoms with Crippen LogP contribution in [0, 0.1) is 6.92 Å². The molecule has 0 aliphatic rings. The van der Waals surface area contributed by atoms with Crippen molar-refractivity contribution in [3.8, 4) is 0 Å². The van der Waals surface area contributed by atoms with Crippen molar-refractivity contribution in [1.82, 2.24) is 15.2 Å². The van der Waals surface area contributed by atoms with Crippen LogP contribution in [0.25, 0.3) is 0 Å². The molecule has 6 heteroatoms. The Kier molecular flexibility index (Phi) is 7.05. The molecule has 0 fully saturated rings. The van der Waals surface area contributed by atoms with Crippen LogP contribution in [0.4, 0.5) is 0 Å². The van der Waals surface area contributed by atoms with Crippen molar-refractivity contribution >= 4 is 33.2 Å². The van der Waals surface area contributed by atoms with Crippen LogP contribution in [0.3, 0.4) is 0 Å². The number of hydrogen-bond donors (Lipinski definition) is 1. The van der Waals surface area contributed by atoms with Gasteiger partial charge in [-0.05, 0) is 31.0 Å². The van der Waals surface area contributed by atoms with Crippen LogP contribution in [0.2, 0.25) is 0 Å². The Balaban J connectivity index is 1.76. The highest BCUT2D eigenvalue weighted by Crippen LogP contribution is 2.12. The van der Waals surface area contributed by atoms with Gasteiger partial charge in [0.1, 0.15) is 0 Å². The van der Waals surface area contributed by atoms with Crippen LogP contribution >= 0.6 is 27.3 Å². The average Bonchev–Trinajstić information content (AvgIpc) is 2.95. The second kappa shape index (κ2) is 9.03. The monoisotopic (exact) mass is 394 g/mol. The zero-order valence-corrected chi connectivity index (χ0v) is 16.2. The first-order valence-corrected chi connectivity index (χ1v) is 9.33. The summed E-state index contributed by atoms with van der Waals surface area (Å²) < 4.78 is 1.10. The molecule has 2 rings (SSSR count). The first kappa shape index (κ1) is 17.9. The van der Waals surface area contributed by atoms with Crippen molar-refractivity contribution in [3.05, 3.63) is 50.4 Å². The lowest BCUT2D eigenvalue weighted by molar-refractivity contribution is 0.476. The molecule has 1 N–H and O–H groups in total. The molecule has 1 aromatic heterocycles. The second-order valence-electron chi connectivity index (χ2n) is 5.44. The van der Waals surface area contributed by atoms with Gasteiger partial charge in [0.15, 0.2) is 5.96 Å². The molecule has 0 saturated carbocycles. The van der Waals surface area contributed by atoms with Gasteiger partial charge in [-0.15, -0.1) is 11.3 Å². The smallest absolute Gasteiger partial charge is 0.193 e. The predicted octanol–water partition coefficient (Wildman–Crippen LogP) is 3.85. The number of nitrogens with one attached hydrogen (secondary N) is 1. The maximum absolute atomic E-state index is 4.49. The molecule has 0 saturated heterocycles. The summed E-state index contributed by atoms with van der Waals surface area (Å²) in [7, 11) is 3.88. The van der Waals surface area contributed by atoms with Crippen molar-refractivity contribution in [1.29, 1.82) is 0 Å². The van der Waals surface area contributed by atoms with E-state index in [0.29, 0.717) is 0 Å². The molecule has 0 radical (unpaired) electrons. The lowest BCUT2D eigenvalue weighted by atomic mass is 10.2. The number of nitrogens with zero attached hydrogens (tertiary/aromatic N) is 3. The number of aryl methyl sites for hydroxylation is 2. The van der Waals surface area contributed by atoms with E-state index in [9.17, 15) is 0 Å². The van der Waals surface area contributed by atoms with E-state index in [1.54, 1.807) is 11.3 Å². The second-order valence-corrected chi connectivity index (χ2v) is 7.30. The largest absolute Gasteiger partial charge is 0.356 e. The summed E-state index contributed by atoms with van der Waals surface area (Å²) in [6.45, 7) is 3.77. The first-order valence-electron chi connectivity index (χ1n) is 7.65. The summed E-state index contributed by atoms with van der Waals surface area (Å²) in [5, 5.41) is 6.74. The van der Waals surface area contributed by atoms with E-state index in [0.717, 1.165) is 42.1 Å². The molecule has 2 aromatic rings. The minimum atomic E-state index is 0.832. The predicted molar refractivity (Wildman–Crippen MR) is 102 cm³/mol. The molecule has 4 nitrogen and oxygen atoms in total. The van der Waals surface area contributed by atoms with Crippen LogP contribution in [-0.4, -0.2) is 36.5 Å². The zero-order valence-electron chi connectivity index (χ0n) is 13.8. The molecular formula is C17H23BrN4S. The van der Waals surface area contributed by atoms with E-state index in [1.807, 2.05) is 14.0 Å². The molecule has 1 heterocycles. The van der Waals surface area contributed by atoms with Crippen LogP contribution in [0.1, 0.15) is 22.7 Å². The minimum Gasteiger partial charge on any atom is -0.356 e. The first-order chi connectivity index (χ1) is 11.1. The van der Waals surface area contributed by atoms with Crippen LogP contribution < -0.4 is 5.32 Å². The third-order valence-electron chi connectivity index (χ3n) is 3.42. The lowest BCUT2D eigenvalue weighted by Crippen LogP contribution is -2.39. The molecule has 0 atom stereocenters. The summed E-state index contributed by atoms with van der Waals surface area (Å²) in [6, 6.07) is 8.38. The number of benzene rings is 1. The standard InChI is InChI=1S/C17H23BrN4S/c1-13-12-23-16(21-13)5-4-10-20-17(19-2)22(3)11-14-6-8-15(18)9-7-14/h6-9,12H,4-5,10-11H2,1-3H3,(H,19,20). The number of aliphatic imine (C=N–C) groups is 1. The van der Waals surface area contributed by atoms with Crippen LogP contribution in [0.5, 0.6) is 0 Å². The highest BCUT2D eigenvalue weighted by molar-refractivity contribution is 9.10. The molecule has 1 aromatic carbocycles. The Morgan fingerprint density at radius 3 is 2.70 bits per heavy atom. The third kappa shape index (κ3) is 5.95. The topological polar surface area (TPSA) is 40.5 Å². The number of thiazole rings is 1. The van der Waals surface area contributed by atoms with Crippen molar-refractivity contribution in [2.24, 2.45) is 4.99 Å². The average molecular weight is 395 g/mol. The summed E-state index contributed by atoms with van der Waals surface area (Å²) in [5.41, 5.74) is 2.37. The Hall–Kier alpha value is -1.40. The zero-order chi connectivity index (χ0) is 16.7. The Bertz CT molecular complexity index is 636. The van der Waals surface area contributed by atoms with Crippen molar-refractivity contribution in [3.63, 3.8) is 0 Å². The highest BCUT2D eigenvalue weighted by Gasteiger charge is 2.06. The molecule has 0 bridgehead atoms. The summed E-state index contributed by atoms with van der Waals surface area (Å²) >= 11 is 5.20. The highest BCUT2D eigenvalue weighted by atomic mass is 79.9. The number of halogens is 1. The summed E-state index contributed by atoms with van der Waals surface area (Å²) in [6.07, 6.45) is 2.07. The molecule has 0 spiro atoms. The maximum Gasteiger partial charge on any atom is 0.193 e. The van der Waals surface area contributed by atoms with Gasteiger partial charge in [-0.1, -0.05) is 28.1 Å². The number of rotatable bonds is 6.